The average Bonchev–Trinajstić information content (AvgIpc) is 2.98. The molecule has 3 fully saturated rings. The molecule has 0 radical (unpaired) electrons. The summed E-state index contributed by atoms with van der Waals surface area (Å²) in [6.07, 6.45) is 1.73. The third-order valence-electron chi connectivity index (χ3n) is 6.20. The quantitative estimate of drug-likeness (QED) is 0.885. The van der Waals surface area contributed by atoms with E-state index in [4.69, 9.17) is 9.47 Å². The minimum Gasteiger partial charge on any atom is -0.497 e. The van der Waals surface area contributed by atoms with E-state index in [1.807, 2.05) is 49.9 Å². The number of hydrogen-bond acceptors (Lipinski definition) is 4. The molecule has 1 aliphatic heterocycles. The number of ether oxygens (including phenoxy) is 2. The summed E-state index contributed by atoms with van der Waals surface area (Å²) in [7, 11) is 1.61. The topological polar surface area (TPSA) is 67.9 Å². The highest BCUT2D eigenvalue weighted by atomic mass is 16.6. The van der Waals surface area contributed by atoms with Crippen LogP contribution in [0.3, 0.4) is 0 Å². The van der Waals surface area contributed by atoms with E-state index in [0.717, 1.165) is 25.1 Å². The second-order valence-corrected chi connectivity index (χ2v) is 9.11. The normalized spacial score (nSPS) is 31.1. The van der Waals surface area contributed by atoms with Crippen LogP contribution in [0.2, 0.25) is 0 Å². The Morgan fingerprint density at radius 2 is 1.89 bits per heavy atom. The summed E-state index contributed by atoms with van der Waals surface area (Å²) in [5.74, 6) is 2.10. The summed E-state index contributed by atoms with van der Waals surface area (Å²) < 4.78 is 10.6. The van der Waals surface area contributed by atoms with Crippen LogP contribution in [0.1, 0.15) is 44.0 Å². The molecule has 1 N–H and O–H groups in total. The fourth-order valence-corrected chi connectivity index (χ4v) is 4.98. The molecule has 1 aromatic rings. The number of amides is 2. The van der Waals surface area contributed by atoms with E-state index in [1.165, 1.54) is 0 Å². The van der Waals surface area contributed by atoms with Crippen LogP contribution in [0.4, 0.5) is 4.79 Å². The maximum Gasteiger partial charge on any atom is 0.408 e. The Labute approximate surface area is 160 Å². The Balaban J connectivity index is 1.42. The van der Waals surface area contributed by atoms with Crippen LogP contribution in [0, 0.1) is 17.8 Å². The molecule has 4 atom stereocenters. The lowest BCUT2D eigenvalue weighted by molar-refractivity contribution is 0.0474. The molecular formula is C21H28N2O4. The Morgan fingerprint density at radius 1 is 1.19 bits per heavy atom. The summed E-state index contributed by atoms with van der Waals surface area (Å²) in [6.45, 7) is 7.08. The van der Waals surface area contributed by atoms with Gasteiger partial charge in [0, 0.05) is 24.6 Å². The number of likely N-dealkylation sites (tertiary alicyclic amines) is 1. The molecule has 1 saturated heterocycles. The summed E-state index contributed by atoms with van der Waals surface area (Å²) in [5, 5.41) is 3.16. The molecule has 0 spiro atoms. The van der Waals surface area contributed by atoms with Gasteiger partial charge in [0.05, 0.1) is 12.6 Å². The zero-order valence-corrected chi connectivity index (χ0v) is 16.5. The SMILES string of the molecule is COc1ccc(C(=O)N2CC3CC4CC4(NC(=O)OC(C)(C)C)C3C2)cc1. The van der Waals surface area contributed by atoms with Gasteiger partial charge in [-0.25, -0.2) is 4.79 Å². The van der Waals surface area contributed by atoms with Crippen molar-refractivity contribution in [3.05, 3.63) is 29.8 Å². The van der Waals surface area contributed by atoms with Crippen molar-refractivity contribution in [3.8, 4) is 5.75 Å². The van der Waals surface area contributed by atoms with E-state index in [9.17, 15) is 9.59 Å². The molecule has 3 aliphatic rings. The lowest BCUT2D eigenvalue weighted by atomic mass is 9.91. The van der Waals surface area contributed by atoms with Crippen LogP contribution in [0.5, 0.6) is 5.75 Å². The fourth-order valence-electron chi connectivity index (χ4n) is 4.98. The minimum absolute atomic E-state index is 0.0525. The molecule has 27 heavy (non-hydrogen) atoms. The third kappa shape index (κ3) is 3.26. The molecule has 0 aromatic heterocycles. The van der Waals surface area contributed by atoms with Gasteiger partial charge in [0.25, 0.3) is 5.91 Å². The molecule has 2 amide bonds. The molecule has 1 heterocycles. The summed E-state index contributed by atoms with van der Waals surface area (Å²) in [5.41, 5.74) is -0.00541. The second kappa shape index (κ2) is 6.14. The van der Waals surface area contributed by atoms with E-state index in [2.05, 4.69) is 5.32 Å². The van der Waals surface area contributed by atoms with Gasteiger partial charge in [-0.1, -0.05) is 0 Å². The first-order valence-corrected chi connectivity index (χ1v) is 9.66. The van der Waals surface area contributed by atoms with Gasteiger partial charge in [-0.2, -0.15) is 0 Å². The second-order valence-electron chi connectivity index (χ2n) is 9.11. The van der Waals surface area contributed by atoms with Crippen LogP contribution < -0.4 is 10.1 Å². The van der Waals surface area contributed by atoms with Crippen molar-refractivity contribution in [2.24, 2.45) is 17.8 Å². The number of fused-ring (bicyclic) bond motifs is 3. The van der Waals surface area contributed by atoms with Gasteiger partial charge in [-0.3, -0.25) is 4.79 Å². The zero-order chi connectivity index (χ0) is 19.4. The van der Waals surface area contributed by atoms with E-state index in [1.54, 1.807) is 7.11 Å². The summed E-state index contributed by atoms with van der Waals surface area (Å²) >= 11 is 0. The number of benzene rings is 1. The molecule has 146 valence electrons. The number of hydrogen-bond donors (Lipinski definition) is 1. The van der Waals surface area contributed by atoms with Crippen LogP contribution in [0.25, 0.3) is 0 Å². The van der Waals surface area contributed by atoms with Gasteiger partial charge >= 0.3 is 6.09 Å². The fraction of sp³-hybridized carbons (Fsp3) is 0.619. The van der Waals surface area contributed by atoms with Crippen LogP contribution >= 0.6 is 0 Å². The smallest absolute Gasteiger partial charge is 0.408 e. The highest BCUT2D eigenvalue weighted by Crippen LogP contribution is 2.63. The maximum absolute atomic E-state index is 12.9. The predicted octanol–water partition coefficient (Wildman–Crippen LogP) is 3.07. The van der Waals surface area contributed by atoms with Crippen LogP contribution in [-0.4, -0.2) is 48.2 Å². The Bertz CT molecular complexity index is 754. The van der Waals surface area contributed by atoms with Gasteiger partial charge in [-0.15, -0.1) is 0 Å². The van der Waals surface area contributed by atoms with Gasteiger partial charge in [-0.05, 0) is 69.7 Å². The van der Waals surface area contributed by atoms with Gasteiger partial charge in [0.2, 0.25) is 0 Å². The predicted molar refractivity (Wildman–Crippen MR) is 101 cm³/mol. The van der Waals surface area contributed by atoms with E-state index in [-0.39, 0.29) is 17.5 Å². The Morgan fingerprint density at radius 3 is 2.52 bits per heavy atom. The standard InChI is InChI=1S/C21H28N2O4/c1-20(2,3)27-19(25)22-21-10-15(21)9-14-11-23(12-17(14)21)18(24)13-5-7-16(26-4)8-6-13/h5-8,14-15,17H,9-12H2,1-4H3,(H,22,25). The molecule has 1 aromatic carbocycles. The number of nitrogens with zero attached hydrogens (tertiary/aromatic N) is 1. The number of carbonyl (C=O) groups is 2. The average molecular weight is 372 g/mol. The molecule has 6 nitrogen and oxygen atoms in total. The van der Waals surface area contributed by atoms with Crippen molar-refractivity contribution >= 4 is 12.0 Å². The Hall–Kier alpha value is -2.24. The van der Waals surface area contributed by atoms with Crippen LogP contribution in [0.15, 0.2) is 24.3 Å². The zero-order valence-electron chi connectivity index (χ0n) is 16.5. The lowest BCUT2D eigenvalue weighted by Gasteiger charge is -2.27. The molecule has 4 rings (SSSR count). The van der Waals surface area contributed by atoms with Gasteiger partial charge in [0.15, 0.2) is 0 Å². The number of methoxy groups -OCH3 is 1. The molecule has 0 bridgehead atoms. The summed E-state index contributed by atoms with van der Waals surface area (Å²) in [6, 6.07) is 7.24. The number of nitrogens with one attached hydrogen (secondary N) is 1. The monoisotopic (exact) mass is 372 g/mol. The summed E-state index contributed by atoms with van der Waals surface area (Å²) in [4.78, 5) is 27.1. The third-order valence-corrected chi connectivity index (χ3v) is 6.20. The minimum atomic E-state index is -0.505. The van der Waals surface area contributed by atoms with E-state index >= 15 is 0 Å². The first-order valence-electron chi connectivity index (χ1n) is 9.66. The first-order chi connectivity index (χ1) is 12.7. The van der Waals surface area contributed by atoms with Crippen molar-refractivity contribution in [3.63, 3.8) is 0 Å². The van der Waals surface area contributed by atoms with Crippen molar-refractivity contribution < 1.29 is 19.1 Å². The number of rotatable bonds is 3. The van der Waals surface area contributed by atoms with Crippen molar-refractivity contribution in [1.82, 2.24) is 10.2 Å². The molecule has 6 heteroatoms. The Kier molecular flexibility index (Phi) is 4.13. The van der Waals surface area contributed by atoms with Crippen molar-refractivity contribution in [1.29, 1.82) is 0 Å². The molecular weight excluding hydrogens is 344 g/mol. The molecule has 4 unspecified atom stereocenters. The van der Waals surface area contributed by atoms with Crippen molar-refractivity contribution in [2.45, 2.75) is 44.8 Å². The number of alkyl carbamates (subject to hydrolysis) is 1. The lowest BCUT2D eigenvalue weighted by Crippen LogP contribution is -2.46. The first kappa shape index (κ1) is 18.1. The van der Waals surface area contributed by atoms with Gasteiger partial charge in [0.1, 0.15) is 11.4 Å². The largest absolute Gasteiger partial charge is 0.497 e. The maximum atomic E-state index is 12.9. The molecule has 2 saturated carbocycles. The highest BCUT2D eigenvalue weighted by molar-refractivity contribution is 5.94. The molecule has 2 aliphatic carbocycles. The highest BCUT2D eigenvalue weighted by Gasteiger charge is 2.69. The van der Waals surface area contributed by atoms with Crippen LogP contribution in [-0.2, 0) is 4.74 Å². The van der Waals surface area contributed by atoms with Crippen molar-refractivity contribution in [2.75, 3.05) is 20.2 Å². The van der Waals surface area contributed by atoms with E-state index < -0.39 is 5.60 Å². The van der Waals surface area contributed by atoms with E-state index in [0.29, 0.717) is 29.9 Å². The van der Waals surface area contributed by atoms with Gasteiger partial charge < -0.3 is 19.7 Å². The number of carbonyl (C=O) groups excluding carboxylic acids is 2.